The van der Waals surface area contributed by atoms with Crippen LogP contribution in [-0.4, -0.2) is 22.5 Å². The van der Waals surface area contributed by atoms with Gasteiger partial charge in [-0.3, -0.25) is 9.59 Å². The molecule has 1 atom stereocenters. The van der Waals surface area contributed by atoms with Gasteiger partial charge in [-0.1, -0.05) is 37.3 Å². The second-order valence-corrected chi connectivity index (χ2v) is 6.45. The highest BCUT2D eigenvalue weighted by Gasteiger charge is 2.55. The number of hydrogen-bond acceptors (Lipinski definition) is 3. The molecule has 4 rings (SSSR count). The molecule has 0 N–H and O–H groups in total. The van der Waals surface area contributed by atoms with Gasteiger partial charge in [-0.05, 0) is 24.6 Å². The highest BCUT2D eigenvalue weighted by Crippen LogP contribution is 2.45. The molecule has 3 aromatic rings. The van der Waals surface area contributed by atoms with Gasteiger partial charge in [-0.2, -0.15) is 0 Å². The highest BCUT2D eigenvalue weighted by atomic mass is 19.1. The number of fused-ring (bicyclic) bond motifs is 2. The molecule has 2 heterocycles. The molecule has 0 spiro atoms. The number of carbonyl (C=O) groups excluding carboxylic acids is 1. The zero-order valence-corrected chi connectivity index (χ0v) is 14.6. The van der Waals surface area contributed by atoms with Crippen LogP contribution in [0.25, 0.3) is 11.0 Å². The van der Waals surface area contributed by atoms with Gasteiger partial charge in [0.2, 0.25) is 0 Å². The van der Waals surface area contributed by atoms with Gasteiger partial charge in [0.1, 0.15) is 0 Å². The van der Waals surface area contributed by atoms with Crippen molar-refractivity contribution in [1.82, 2.24) is 9.55 Å². The number of anilines is 1. The number of benzene rings is 2. The molecule has 2 aromatic carbocycles. The first-order valence-corrected chi connectivity index (χ1v) is 8.56. The largest absolute Gasteiger partial charge is 0.312 e. The first-order chi connectivity index (χ1) is 12.5. The molecule has 0 radical (unpaired) electrons. The molecule has 0 fully saturated rings. The summed E-state index contributed by atoms with van der Waals surface area (Å²) in [7, 11) is 1.51. The average Bonchev–Trinajstić information content (AvgIpc) is 2.86. The van der Waals surface area contributed by atoms with Crippen LogP contribution in [0, 0.1) is 0 Å². The lowest BCUT2D eigenvalue weighted by Crippen LogP contribution is -2.42. The number of halogens is 1. The quantitative estimate of drug-likeness (QED) is 0.729. The minimum Gasteiger partial charge on any atom is -0.312 e. The van der Waals surface area contributed by atoms with Crippen molar-refractivity contribution < 1.29 is 9.18 Å². The lowest BCUT2D eigenvalue weighted by Gasteiger charge is -2.20. The van der Waals surface area contributed by atoms with Crippen LogP contribution in [0.3, 0.4) is 0 Å². The molecule has 0 saturated heterocycles. The summed E-state index contributed by atoms with van der Waals surface area (Å²) in [5, 5.41) is 0. The van der Waals surface area contributed by atoms with Gasteiger partial charge >= 0.3 is 0 Å². The minimum absolute atomic E-state index is 0.162. The van der Waals surface area contributed by atoms with Crippen LogP contribution < -0.4 is 10.5 Å². The van der Waals surface area contributed by atoms with Crippen LogP contribution in [0.2, 0.25) is 0 Å². The van der Waals surface area contributed by atoms with E-state index in [2.05, 4.69) is 4.98 Å². The lowest BCUT2D eigenvalue weighted by atomic mass is 9.93. The Labute approximate surface area is 149 Å². The van der Waals surface area contributed by atoms with E-state index in [9.17, 15) is 9.59 Å². The monoisotopic (exact) mass is 351 g/mol. The van der Waals surface area contributed by atoms with E-state index in [4.69, 9.17) is 0 Å². The van der Waals surface area contributed by atoms with E-state index in [1.807, 2.05) is 13.0 Å². The summed E-state index contributed by atoms with van der Waals surface area (Å²) >= 11 is 0. The number of amides is 1. The minimum atomic E-state index is -2.58. The number of para-hydroxylation sites is 3. The summed E-state index contributed by atoms with van der Waals surface area (Å²) in [4.78, 5) is 31.5. The zero-order chi connectivity index (χ0) is 18.5. The number of hydrogen-bond donors (Lipinski definition) is 0. The molecule has 6 heteroatoms. The van der Waals surface area contributed by atoms with Crippen LogP contribution >= 0.6 is 0 Å². The molecule has 0 aliphatic carbocycles. The zero-order valence-electron chi connectivity index (χ0n) is 14.6. The maximum atomic E-state index is 16.2. The van der Waals surface area contributed by atoms with Gasteiger partial charge in [0.25, 0.3) is 17.1 Å². The topological polar surface area (TPSA) is 55.2 Å². The Morgan fingerprint density at radius 3 is 2.54 bits per heavy atom. The molecule has 1 aromatic heterocycles. The molecule has 1 aliphatic rings. The second-order valence-electron chi connectivity index (χ2n) is 6.45. The van der Waals surface area contributed by atoms with Crippen molar-refractivity contribution in [3.8, 4) is 0 Å². The number of carbonyl (C=O) groups is 1. The Bertz CT molecular complexity index is 1090. The average molecular weight is 351 g/mol. The van der Waals surface area contributed by atoms with Crippen LogP contribution in [0.15, 0.2) is 53.3 Å². The highest BCUT2D eigenvalue weighted by molar-refractivity contribution is 6.08. The Kier molecular flexibility index (Phi) is 3.64. The Hall–Kier alpha value is -3.02. The first-order valence-electron chi connectivity index (χ1n) is 8.56. The van der Waals surface area contributed by atoms with Crippen LogP contribution in [0.5, 0.6) is 0 Å². The van der Waals surface area contributed by atoms with Gasteiger partial charge in [-0.25, -0.2) is 9.37 Å². The molecular formula is C20H18FN3O2. The van der Waals surface area contributed by atoms with Gasteiger partial charge in [0.15, 0.2) is 5.69 Å². The van der Waals surface area contributed by atoms with Gasteiger partial charge < -0.3 is 9.47 Å². The molecule has 0 unspecified atom stereocenters. The second kappa shape index (κ2) is 5.76. The molecule has 1 amide bonds. The molecule has 1 aliphatic heterocycles. The predicted molar refractivity (Wildman–Crippen MR) is 98.0 cm³/mol. The van der Waals surface area contributed by atoms with Crippen molar-refractivity contribution in [3.05, 3.63) is 70.1 Å². The smallest absolute Gasteiger partial charge is 0.277 e. The van der Waals surface area contributed by atoms with Crippen LogP contribution in [-0.2, 0) is 17.0 Å². The van der Waals surface area contributed by atoms with Gasteiger partial charge in [-0.15, -0.1) is 0 Å². The summed E-state index contributed by atoms with van der Waals surface area (Å²) in [5.41, 5.74) is -1.77. The number of rotatable bonds is 3. The number of nitrogens with zero attached hydrogens (tertiary/aromatic N) is 3. The summed E-state index contributed by atoms with van der Waals surface area (Å²) < 4.78 is 17.7. The standard InChI is InChI=1S/C20H18FN3O2/c1-3-12-24-16-11-7-5-9-14(16)22-17(18(24)25)20(21)13-8-4-6-10-15(13)23(2)19(20)26/h4-11H,3,12H2,1-2H3/t20-/m1/s1. The van der Waals surface area contributed by atoms with Crippen molar-refractivity contribution in [1.29, 1.82) is 0 Å². The molecule has 0 saturated carbocycles. The van der Waals surface area contributed by atoms with E-state index in [1.165, 1.54) is 22.6 Å². The van der Waals surface area contributed by atoms with E-state index in [0.29, 0.717) is 29.7 Å². The molecule has 26 heavy (non-hydrogen) atoms. The first kappa shape index (κ1) is 16.4. The van der Waals surface area contributed by atoms with E-state index >= 15 is 4.39 Å². The molecule has 0 bridgehead atoms. The Balaban J connectivity index is 2.08. The number of likely N-dealkylation sites (N-methyl/N-ethyl adjacent to an activating group) is 1. The number of aromatic nitrogens is 2. The lowest BCUT2D eigenvalue weighted by molar-refractivity contribution is -0.126. The van der Waals surface area contributed by atoms with Crippen LogP contribution in [0.1, 0.15) is 24.6 Å². The summed E-state index contributed by atoms with van der Waals surface area (Å²) in [6.45, 7) is 2.37. The fourth-order valence-corrected chi connectivity index (χ4v) is 3.60. The summed E-state index contributed by atoms with van der Waals surface area (Å²) in [6, 6.07) is 13.7. The molecular weight excluding hydrogens is 333 g/mol. The fourth-order valence-electron chi connectivity index (χ4n) is 3.60. The van der Waals surface area contributed by atoms with Gasteiger partial charge in [0.05, 0.1) is 16.7 Å². The number of aryl methyl sites for hydroxylation is 1. The van der Waals surface area contributed by atoms with Gasteiger partial charge in [0, 0.05) is 19.2 Å². The molecule has 5 nitrogen and oxygen atoms in total. The van der Waals surface area contributed by atoms with Crippen molar-refractivity contribution in [2.75, 3.05) is 11.9 Å². The third kappa shape index (κ3) is 2.05. The third-order valence-corrected chi connectivity index (χ3v) is 4.86. The Morgan fingerprint density at radius 2 is 1.77 bits per heavy atom. The number of alkyl halides is 1. The maximum absolute atomic E-state index is 16.2. The van der Waals surface area contributed by atoms with E-state index in [0.717, 1.165) is 0 Å². The predicted octanol–water partition coefficient (Wildman–Crippen LogP) is 3.00. The van der Waals surface area contributed by atoms with Crippen molar-refractivity contribution >= 4 is 22.6 Å². The van der Waals surface area contributed by atoms with E-state index in [1.54, 1.807) is 36.4 Å². The normalized spacial score (nSPS) is 19.2. The SMILES string of the molecule is CCCn1c(=O)c([C@@]2(F)C(=O)N(C)c3ccccc32)nc2ccccc21. The summed E-state index contributed by atoms with van der Waals surface area (Å²) in [5.74, 6) is -0.790. The Morgan fingerprint density at radius 1 is 1.08 bits per heavy atom. The fraction of sp³-hybridized carbons (Fsp3) is 0.250. The molecule has 132 valence electrons. The van der Waals surface area contributed by atoms with E-state index < -0.39 is 17.1 Å². The van der Waals surface area contributed by atoms with Crippen molar-refractivity contribution in [2.45, 2.75) is 25.6 Å². The van der Waals surface area contributed by atoms with E-state index in [-0.39, 0.29) is 11.3 Å². The summed E-state index contributed by atoms with van der Waals surface area (Å²) in [6.07, 6.45) is 0.705. The van der Waals surface area contributed by atoms with Crippen molar-refractivity contribution in [3.63, 3.8) is 0 Å². The van der Waals surface area contributed by atoms with Crippen LogP contribution in [0.4, 0.5) is 10.1 Å². The third-order valence-electron chi connectivity index (χ3n) is 4.86. The maximum Gasteiger partial charge on any atom is 0.277 e. The van der Waals surface area contributed by atoms with Crippen molar-refractivity contribution in [2.24, 2.45) is 0 Å².